The maximum absolute atomic E-state index is 10.7. The highest BCUT2D eigenvalue weighted by molar-refractivity contribution is 8.00. The van der Waals surface area contributed by atoms with Crippen LogP contribution in [0.4, 0.5) is 0 Å². The van der Waals surface area contributed by atoms with Crippen LogP contribution in [0.1, 0.15) is 44.4 Å². The number of carbonyl (C=O) groups is 1. The highest BCUT2D eigenvalue weighted by atomic mass is 32.2. The van der Waals surface area contributed by atoms with Gasteiger partial charge in [0.1, 0.15) is 5.25 Å². The molecule has 16 heavy (non-hydrogen) atoms. The molecule has 88 valence electrons. The Morgan fingerprint density at radius 3 is 2.81 bits per heavy atom. The van der Waals surface area contributed by atoms with Gasteiger partial charge < -0.3 is 9.52 Å². The van der Waals surface area contributed by atoms with Crippen molar-refractivity contribution >= 4 is 17.7 Å². The van der Waals surface area contributed by atoms with Gasteiger partial charge in [-0.15, -0.1) is 10.2 Å². The summed E-state index contributed by atoms with van der Waals surface area (Å²) in [6.07, 6.45) is 4.61. The second-order valence-electron chi connectivity index (χ2n) is 3.99. The third-order valence-electron chi connectivity index (χ3n) is 2.75. The average Bonchev–Trinajstić information content (AvgIpc) is 2.85. The summed E-state index contributed by atoms with van der Waals surface area (Å²) in [5.74, 6) is 0.171. The number of thioether (sulfide) groups is 1. The van der Waals surface area contributed by atoms with Crippen LogP contribution in [0.5, 0.6) is 0 Å². The number of hydrogen-bond donors (Lipinski definition) is 1. The first-order valence-electron chi connectivity index (χ1n) is 5.39. The molecular formula is C10H14N2O3S. The molecule has 2 rings (SSSR count). The van der Waals surface area contributed by atoms with Crippen LogP contribution < -0.4 is 0 Å². The van der Waals surface area contributed by atoms with Gasteiger partial charge in [0, 0.05) is 5.92 Å². The topological polar surface area (TPSA) is 76.2 Å². The van der Waals surface area contributed by atoms with Gasteiger partial charge in [-0.05, 0) is 19.8 Å². The summed E-state index contributed by atoms with van der Waals surface area (Å²) in [5.41, 5.74) is 0. The van der Waals surface area contributed by atoms with Crippen LogP contribution in [0.25, 0.3) is 0 Å². The first-order chi connectivity index (χ1) is 7.66. The maximum atomic E-state index is 10.7. The van der Waals surface area contributed by atoms with Gasteiger partial charge >= 0.3 is 5.97 Å². The van der Waals surface area contributed by atoms with Gasteiger partial charge in [-0.2, -0.15) is 0 Å². The molecule has 6 heteroatoms. The van der Waals surface area contributed by atoms with Crippen LogP contribution in [0.15, 0.2) is 9.64 Å². The van der Waals surface area contributed by atoms with Gasteiger partial charge in [0.25, 0.3) is 5.22 Å². The average molecular weight is 242 g/mol. The molecule has 1 unspecified atom stereocenters. The predicted octanol–water partition coefficient (Wildman–Crippen LogP) is 2.29. The van der Waals surface area contributed by atoms with Gasteiger partial charge in [0.05, 0.1) is 0 Å². The highest BCUT2D eigenvalue weighted by Crippen LogP contribution is 2.34. The van der Waals surface area contributed by atoms with Crippen LogP contribution in [0.3, 0.4) is 0 Å². The van der Waals surface area contributed by atoms with Crippen molar-refractivity contribution in [2.75, 3.05) is 0 Å². The maximum Gasteiger partial charge on any atom is 0.316 e. The number of aromatic nitrogens is 2. The Morgan fingerprint density at radius 2 is 2.19 bits per heavy atom. The lowest BCUT2D eigenvalue weighted by molar-refractivity contribution is -0.136. The first-order valence-corrected chi connectivity index (χ1v) is 6.27. The zero-order valence-electron chi connectivity index (χ0n) is 9.05. The molecule has 0 saturated heterocycles. The zero-order chi connectivity index (χ0) is 11.5. The van der Waals surface area contributed by atoms with Gasteiger partial charge in [-0.25, -0.2) is 0 Å². The van der Waals surface area contributed by atoms with Crippen molar-refractivity contribution in [1.82, 2.24) is 10.2 Å². The molecule has 1 aliphatic carbocycles. The van der Waals surface area contributed by atoms with Crippen LogP contribution >= 0.6 is 11.8 Å². The van der Waals surface area contributed by atoms with Crippen molar-refractivity contribution in [3.63, 3.8) is 0 Å². The molecule has 5 nitrogen and oxygen atoms in total. The fourth-order valence-electron chi connectivity index (χ4n) is 1.81. The number of carboxylic acid groups (broad SMARTS) is 1. The van der Waals surface area contributed by atoms with E-state index in [1.54, 1.807) is 6.92 Å². The lowest BCUT2D eigenvalue weighted by atomic mass is 10.1. The van der Waals surface area contributed by atoms with E-state index in [0.717, 1.165) is 24.6 Å². The first kappa shape index (κ1) is 11.4. The summed E-state index contributed by atoms with van der Waals surface area (Å²) in [6.45, 7) is 1.60. The monoisotopic (exact) mass is 242 g/mol. The van der Waals surface area contributed by atoms with Crippen molar-refractivity contribution in [3.05, 3.63) is 5.89 Å². The Kier molecular flexibility index (Phi) is 3.48. The largest absolute Gasteiger partial charge is 0.480 e. The Balaban J connectivity index is 1.99. The fraction of sp³-hybridized carbons (Fsp3) is 0.700. The minimum atomic E-state index is -0.870. The minimum absolute atomic E-state index is 0.358. The number of rotatable bonds is 4. The Labute approximate surface area is 97.6 Å². The lowest BCUT2D eigenvalue weighted by Crippen LogP contribution is -2.10. The molecule has 1 aliphatic rings. The van der Waals surface area contributed by atoms with Gasteiger partial charge in [-0.1, -0.05) is 24.6 Å². The molecule has 0 bridgehead atoms. The molecule has 1 heterocycles. The van der Waals surface area contributed by atoms with Crippen molar-refractivity contribution in [2.45, 2.75) is 49.0 Å². The molecule has 0 amide bonds. The standard InChI is InChI=1S/C10H14N2O3S/c1-6(9(13)14)16-10-12-11-8(15-10)7-4-2-3-5-7/h6-7H,2-5H2,1H3,(H,13,14). The summed E-state index contributed by atoms with van der Waals surface area (Å²) >= 11 is 1.09. The van der Waals surface area contributed by atoms with E-state index < -0.39 is 11.2 Å². The van der Waals surface area contributed by atoms with Crippen molar-refractivity contribution in [3.8, 4) is 0 Å². The molecule has 0 spiro atoms. The number of hydrogen-bond acceptors (Lipinski definition) is 5. The van der Waals surface area contributed by atoms with Crippen molar-refractivity contribution in [2.24, 2.45) is 0 Å². The lowest BCUT2D eigenvalue weighted by Gasteiger charge is -2.02. The van der Waals surface area contributed by atoms with E-state index in [2.05, 4.69) is 10.2 Å². The Hall–Kier alpha value is -1.04. The Morgan fingerprint density at radius 1 is 1.50 bits per heavy atom. The number of nitrogens with zero attached hydrogens (tertiary/aromatic N) is 2. The number of aliphatic carboxylic acids is 1. The second-order valence-corrected chi connectivity index (χ2v) is 5.28. The van der Waals surface area contributed by atoms with Crippen LogP contribution in [-0.4, -0.2) is 26.5 Å². The van der Waals surface area contributed by atoms with Crippen LogP contribution in [0, 0.1) is 0 Å². The van der Waals surface area contributed by atoms with E-state index in [0.29, 0.717) is 17.0 Å². The fourth-order valence-corrected chi connectivity index (χ4v) is 2.43. The third kappa shape index (κ3) is 2.55. The van der Waals surface area contributed by atoms with Crippen molar-refractivity contribution in [1.29, 1.82) is 0 Å². The molecule has 1 aromatic rings. The molecule has 1 saturated carbocycles. The van der Waals surface area contributed by atoms with E-state index in [1.807, 2.05) is 0 Å². The third-order valence-corrected chi connectivity index (χ3v) is 3.67. The van der Waals surface area contributed by atoms with Crippen LogP contribution in [0.2, 0.25) is 0 Å². The predicted molar refractivity (Wildman–Crippen MR) is 58.5 cm³/mol. The second kappa shape index (κ2) is 4.86. The van der Waals surface area contributed by atoms with Crippen molar-refractivity contribution < 1.29 is 14.3 Å². The molecule has 0 aliphatic heterocycles. The van der Waals surface area contributed by atoms with E-state index in [9.17, 15) is 4.79 Å². The Bertz CT molecular complexity index is 374. The molecule has 1 aromatic heterocycles. The quantitative estimate of drug-likeness (QED) is 0.816. The number of carboxylic acids is 1. The summed E-state index contributed by atoms with van der Waals surface area (Å²) in [5, 5.41) is 16.4. The van der Waals surface area contributed by atoms with Gasteiger partial charge in [-0.3, -0.25) is 4.79 Å². The smallest absolute Gasteiger partial charge is 0.316 e. The van der Waals surface area contributed by atoms with Gasteiger partial charge in [0.15, 0.2) is 0 Å². The molecule has 1 fully saturated rings. The molecule has 0 radical (unpaired) electrons. The molecule has 1 N–H and O–H groups in total. The van der Waals surface area contributed by atoms with E-state index in [1.165, 1.54) is 12.8 Å². The molecule has 1 atom stereocenters. The zero-order valence-corrected chi connectivity index (χ0v) is 9.87. The highest BCUT2D eigenvalue weighted by Gasteiger charge is 2.24. The normalized spacial score (nSPS) is 18.8. The summed E-state index contributed by atoms with van der Waals surface area (Å²) in [7, 11) is 0. The van der Waals surface area contributed by atoms with E-state index in [4.69, 9.17) is 9.52 Å². The summed E-state index contributed by atoms with van der Waals surface area (Å²) in [4.78, 5) is 10.7. The van der Waals surface area contributed by atoms with Gasteiger partial charge in [0.2, 0.25) is 5.89 Å². The minimum Gasteiger partial charge on any atom is -0.480 e. The SMILES string of the molecule is CC(Sc1nnc(C2CCCC2)o1)C(=O)O. The molecule has 0 aromatic carbocycles. The molecular weight excluding hydrogens is 228 g/mol. The van der Waals surface area contributed by atoms with E-state index >= 15 is 0 Å². The summed E-state index contributed by atoms with van der Waals surface area (Å²) in [6, 6.07) is 0. The van der Waals surface area contributed by atoms with E-state index in [-0.39, 0.29) is 0 Å². The van der Waals surface area contributed by atoms with Crippen LogP contribution in [-0.2, 0) is 4.79 Å². The summed E-state index contributed by atoms with van der Waals surface area (Å²) < 4.78 is 5.47.